The molecule has 1 amide bonds. The first-order valence-corrected chi connectivity index (χ1v) is 8.59. The summed E-state index contributed by atoms with van der Waals surface area (Å²) >= 11 is 0. The summed E-state index contributed by atoms with van der Waals surface area (Å²) in [4.78, 5) is 14.3. The van der Waals surface area contributed by atoms with Gasteiger partial charge in [-0.3, -0.25) is 4.79 Å². The molecule has 1 saturated heterocycles. The Kier molecular flexibility index (Phi) is 6.21. The standard InChI is InChI=1S/C15H22N2O4S/c1-21-14-4-2-13(3-5-14)15(18)17-10-7-12(8-11-17)6-9-16-22(19)20/h2-5,12,22H,6-11H2,1H3,(H,16,19,20). The molecule has 1 heterocycles. The van der Waals surface area contributed by atoms with Crippen molar-refractivity contribution in [2.75, 3.05) is 26.7 Å². The van der Waals surface area contributed by atoms with E-state index in [1.165, 1.54) is 0 Å². The van der Waals surface area contributed by atoms with Crippen LogP contribution in [0.1, 0.15) is 29.6 Å². The van der Waals surface area contributed by atoms with E-state index in [-0.39, 0.29) is 5.91 Å². The molecule has 0 radical (unpaired) electrons. The van der Waals surface area contributed by atoms with Gasteiger partial charge in [-0.25, -0.2) is 13.1 Å². The minimum atomic E-state index is -2.51. The number of likely N-dealkylation sites (tertiary alicyclic amines) is 1. The molecule has 1 aliphatic heterocycles. The van der Waals surface area contributed by atoms with E-state index >= 15 is 0 Å². The maximum atomic E-state index is 12.4. The third-order valence-corrected chi connectivity index (χ3v) is 4.51. The van der Waals surface area contributed by atoms with Gasteiger partial charge in [-0.2, -0.15) is 0 Å². The van der Waals surface area contributed by atoms with E-state index in [1.54, 1.807) is 31.4 Å². The molecule has 1 aliphatic rings. The van der Waals surface area contributed by atoms with Crippen molar-refractivity contribution >= 4 is 16.8 Å². The molecule has 22 heavy (non-hydrogen) atoms. The smallest absolute Gasteiger partial charge is 0.253 e. The van der Waals surface area contributed by atoms with Gasteiger partial charge in [0.1, 0.15) is 5.75 Å². The highest BCUT2D eigenvalue weighted by molar-refractivity contribution is 7.70. The maximum Gasteiger partial charge on any atom is 0.253 e. The van der Waals surface area contributed by atoms with Gasteiger partial charge in [-0.1, -0.05) is 0 Å². The number of benzene rings is 1. The van der Waals surface area contributed by atoms with E-state index < -0.39 is 10.9 Å². The number of nitrogens with zero attached hydrogens (tertiary/aromatic N) is 1. The quantitative estimate of drug-likeness (QED) is 0.766. The van der Waals surface area contributed by atoms with E-state index in [2.05, 4.69) is 4.72 Å². The van der Waals surface area contributed by atoms with Crippen LogP contribution >= 0.6 is 0 Å². The predicted octanol–water partition coefficient (Wildman–Crippen LogP) is 1.05. The van der Waals surface area contributed by atoms with Crippen LogP contribution in [0.25, 0.3) is 0 Å². The fourth-order valence-electron chi connectivity index (χ4n) is 2.70. The number of rotatable bonds is 6. The van der Waals surface area contributed by atoms with Crippen molar-refractivity contribution in [3.8, 4) is 5.75 Å². The summed E-state index contributed by atoms with van der Waals surface area (Å²) in [5, 5.41) is 0. The molecule has 0 spiro atoms. The Morgan fingerprint density at radius 3 is 2.45 bits per heavy atom. The molecular formula is C15H22N2O4S. The molecule has 1 fully saturated rings. The third-order valence-electron chi connectivity index (χ3n) is 4.03. The Bertz CT molecular complexity index is 555. The first-order valence-electron chi connectivity index (χ1n) is 7.41. The molecule has 1 aromatic rings. The number of piperidine rings is 1. The summed E-state index contributed by atoms with van der Waals surface area (Å²) in [5.41, 5.74) is 0.671. The molecule has 2 rings (SSSR count). The number of carbonyl (C=O) groups excluding carboxylic acids is 1. The van der Waals surface area contributed by atoms with Crippen molar-refractivity contribution in [3.05, 3.63) is 29.8 Å². The number of carbonyl (C=O) groups is 1. The highest BCUT2D eigenvalue weighted by atomic mass is 32.2. The average molecular weight is 326 g/mol. The lowest BCUT2D eigenvalue weighted by Gasteiger charge is -2.32. The van der Waals surface area contributed by atoms with Crippen molar-refractivity contribution in [1.82, 2.24) is 9.62 Å². The van der Waals surface area contributed by atoms with Gasteiger partial charge in [0.2, 0.25) is 10.9 Å². The van der Waals surface area contributed by atoms with Gasteiger partial charge >= 0.3 is 0 Å². The second-order valence-electron chi connectivity index (χ2n) is 5.42. The summed E-state index contributed by atoms with van der Waals surface area (Å²) in [7, 11) is -0.909. The Balaban J connectivity index is 1.81. The second kappa shape index (κ2) is 8.14. The zero-order valence-corrected chi connectivity index (χ0v) is 13.6. The number of ether oxygens (including phenoxy) is 1. The topological polar surface area (TPSA) is 75.7 Å². The first kappa shape index (κ1) is 16.8. The summed E-state index contributed by atoms with van der Waals surface area (Å²) in [5.74, 6) is 1.25. The number of hydrogen-bond donors (Lipinski definition) is 2. The van der Waals surface area contributed by atoms with E-state index in [0.717, 1.165) is 38.1 Å². The Morgan fingerprint density at radius 1 is 1.27 bits per heavy atom. The highest BCUT2D eigenvalue weighted by Gasteiger charge is 2.23. The average Bonchev–Trinajstić information content (AvgIpc) is 2.54. The Labute approximate surface area is 132 Å². The lowest BCUT2D eigenvalue weighted by atomic mass is 9.93. The first-order chi connectivity index (χ1) is 10.6. The van der Waals surface area contributed by atoms with Gasteiger partial charge in [0.15, 0.2) is 0 Å². The van der Waals surface area contributed by atoms with Crippen molar-refractivity contribution in [3.63, 3.8) is 0 Å². The summed E-state index contributed by atoms with van der Waals surface area (Å²) in [6.45, 7) is 1.92. The van der Waals surface area contributed by atoms with E-state index in [4.69, 9.17) is 4.74 Å². The van der Waals surface area contributed by atoms with Crippen molar-refractivity contribution in [1.29, 1.82) is 0 Å². The molecule has 0 unspecified atom stereocenters. The lowest BCUT2D eigenvalue weighted by Crippen LogP contribution is -2.39. The highest BCUT2D eigenvalue weighted by Crippen LogP contribution is 2.22. The van der Waals surface area contributed by atoms with Gasteiger partial charge in [0, 0.05) is 25.2 Å². The van der Waals surface area contributed by atoms with E-state index in [1.807, 2.05) is 4.90 Å². The SMILES string of the molecule is COc1ccc(C(=O)N2CCC(CCN[SH](=O)=O)CC2)cc1. The molecule has 1 N–H and O–H groups in total. The second-order valence-corrected chi connectivity index (χ2v) is 6.25. The molecule has 0 bridgehead atoms. The van der Waals surface area contributed by atoms with Crippen LogP contribution in [0.15, 0.2) is 24.3 Å². The van der Waals surface area contributed by atoms with Crippen molar-refractivity contribution in [2.45, 2.75) is 19.3 Å². The molecule has 1 aromatic carbocycles. The fourth-order valence-corrected chi connectivity index (χ4v) is 3.01. The van der Waals surface area contributed by atoms with Crippen LogP contribution in [-0.4, -0.2) is 46.0 Å². The largest absolute Gasteiger partial charge is 0.497 e. The Hall–Kier alpha value is -1.60. The third kappa shape index (κ3) is 4.71. The monoisotopic (exact) mass is 326 g/mol. The van der Waals surface area contributed by atoms with Crippen LogP contribution in [0.5, 0.6) is 5.75 Å². The van der Waals surface area contributed by atoms with E-state index in [0.29, 0.717) is 18.0 Å². The summed E-state index contributed by atoms with van der Waals surface area (Å²) < 4.78 is 28.4. The van der Waals surface area contributed by atoms with Gasteiger partial charge in [0.25, 0.3) is 5.91 Å². The summed E-state index contributed by atoms with van der Waals surface area (Å²) in [6.07, 6.45) is 2.66. The molecule has 0 saturated carbocycles. The van der Waals surface area contributed by atoms with Gasteiger partial charge in [0.05, 0.1) is 7.11 Å². The number of amides is 1. The molecule has 0 aromatic heterocycles. The normalized spacial score (nSPS) is 16.0. The zero-order chi connectivity index (χ0) is 15.9. The summed E-state index contributed by atoms with van der Waals surface area (Å²) in [6, 6.07) is 7.13. The minimum absolute atomic E-state index is 0.0434. The molecule has 6 nitrogen and oxygen atoms in total. The van der Waals surface area contributed by atoms with Crippen LogP contribution in [-0.2, 0) is 10.9 Å². The van der Waals surface area contributed by atoms with Gasteiger partial charge < -0.3 is 9.64 Å². The van der Waals surface area contributed by atoms with Crippen LogP contribution in [0, 0.1) is 5.92 Å². The minimum Gasteiger partial charge on any atom is -0.497 e. The van der Waals surface area contributed by atoms with Crippen molar-refractivity contribution < 1.29 is 17.9 Å². The lowest BCUT2D eigenvalue weighted by molar-refractivity contribution is 0.0687. The zero-order valence-electron chi connectivity index (χ0n) is 12.7. The van der Waals surface area contributed by atoms with Crippen LogP contribution in [0.2, 0.25) is 0 Å². The van der Waals surface area contributed by atoms with Gasteiger partial charge in [-0.05, 0) is 49.4 Å². The molecule has 7 heteroatoms. The predicted molar refractivity (Wildman–Crippen MR) is 84.6 cm³/mol. The van der Waals surface area contributed by atoms with Gasteiger partial charge in [-0.15, -0.1) is 0 Å². The Morgan fingerprint density at radius 2 is 1.91 bits per heavy atom. The molecule has 122 valence electrons. The number of nitrogens with one attached hydrogen (secondary N) is 1. The van der Waals surface area contributed by atoms with Crippen LogP contribution in [0.4, 0.5) is 0 Å². The number of hydrogen-bond acceptors (Lipinski definition) is 4. The number of methoxy groups -OCH3 is 1. The molecule has 0 aliphatic carbocycles. The molecule has 0 atom stereocenters. The van der Waals surface area contributed by atoms with Crippen LogP contribution < -0.4 is 9.46 Å². The van der Waals surface area contributed by atoms with E-state index in [9.17, 15) is 13.2 Å². The fraction of sp³-hybridized carbons (Fsp3) is 0.533. The van der Waals surface area contributed by atoms with Crippen LogP contribution in [0.3, 0.4) is 0 Å². The number of thiol groups is 1. The van der Waals surface area contributed by atoms with Crippen molar-refractivity contribution in [2.24, 2.45) is 5.92 Å². The maximum absolute atomic E-state index is 12.4. The molecular weight excluding hydrogens is 304 g/mol.